The van der Waals surface area contributed by atoms with Crippen LogP contribution in [0.15, 0.2) is 133 Å². The van der Waals surface area contributed by atoms with E-state index in [0.29, 0.717) is 16.8 Å². The summed E-state index contributed by atoms with van der Waals surface area (Å²) in [5.41, 5.74) is 2.31. The number of carbonyl (C=O) groups excluding carboxylic acids is 2. The molecule has 0 saturated heterocycles. The molecular weight excluding hydrogens is 952 g/mol. The Hall–Kier alpha value is -3.38. The van der Waals surface area contributed by atoms with E-state index < -0.39 is 14.0 Å². The molecule has 258 valence electrons. The molecule has 4 nitrogen and oxygen atoms in total. The van der Waals surface area contributed by atoms with Crippen LogP contribution in [-0.4, -0.2) is 25.3 Å². The van der Waals surface area contributed by atoms with Crippen LogP contribution < -0.4 is 9.47 Å². The molecule has 0 spiro atoms. The Balaban J connectivity index is 1.23. The molecule has 2 heterocycles. The van der Waals surface area contributed by atoms with Gasteiger partial charge in [0, 0.05) is 84.2 Å². The topological polar surface area (TPSA) is 52.6 Å². The van der Waals surface area contributed by atoms with Gasteiger partial charge in [0.15, 0.2) is 31.8 Å². The minimum atomic E-state index is -0.952. The fourth-order valence-corrected chi connectivity index (χ4v) is 11.7. The highest BCUT2D eigenvalue weighted by molar-refractivity contribution is 9.25. The highest BCUT2D eigenvalue weighted by Crippen LogP contribution is 2.52. The van der Waals surface area contributed by atoms with Gasteiger partial charge in [-0.2, -0.15) is 0 Å². The van der Waals surface area contributed by atoms with Crippen LogP contribution in [0.25, 0.3) is 61.3 Å². The second-order valence-electron chi connectivity index (χ2n) is 12.3. The Kier molecular flexibility index (Phi) is 9.91. The fraction of sp³-hybridized carbons (Fsp3) is 0.0952. The molecule has 0 saturated carbocycles. The van der Waals surface area contributed by atoms with Gasteiger partial charge in [0.05, 0.1) is 0 Å². The van der Waals surface area contributed by atoms with E-state index in [-0.39, 0.29) is 26.9 Å². The van der Waals surface area contributed by atoms with Crippen LogP contribution in [0.2, 0.25) is 0 Å². The lowest BCUT2D eigenvalue weighted by atomic mass is 10.0. The van der Waals surface area contributed by atoms with E-state index in [1.54, 1.807) is 6.92 Å². The van der Waals surface area contributed by atoms with E-state index in [1.165, 1.54) is 40.3 Å². The first-order valence-electron chi connectivity index (χ1n) is 16.3. The minimum Gasteiger partial charge on any atom is -0.426 e. The van der Waals surface area contributed by atoms with Crippen LogP contribution in [0.1, 0.15) is 6.92 Å². The monoisotopic (exact) mass is 976 g/mol. The Morgan fingerprint density at radius 3 is 1.46 bits per heavy atom. The van der Waals surface area contributed by atoms with Crippen molar-refractivity contribution in [2.45, 2.75) is 15.0 Å². The molecule has 0 aliphatic heterocycles. The maximum absolute atomic E-state index is 12.5. The number of ether oxygens (including phenoxy) is 2. The second-order valence-corrected chi connectivity index (χ2v) is 22.2. The number of fused-ring (bicyclic) bond motifs is 6. The Bertz CT molecular complexity index is 2660. The van der Waals surface area contributed by atoms with Crippen LogP contribution in [0, 0.1) is 0 Å². The molecule has 0 aliphatic carbocycles. The highest BCUT2D eigenvalue weighted by Gasteiger charge is 2.30. The smallest absolute Gasteiger partial charge is 0.338 e. The van der Waals surface area contributed by atoms with Gasteiger partial charge in [0.25, 0.3) is 0 Å². The number of hydrogen-bond donors (Lipinski definition) is 0. The quantitative estimate of drug-likeness (QED) is 0.0659. The van der Waals surface area contributed by atoms with E-state index in [2.05, 4.69) is 173 Å². The summed E-state index contributed by atoms with van der Waals surface area (Å²) >= 11 is 13.3. The summed E-state index contributed by atoms with van der Waals surface area (Å²) in [4.78, 5) is 26.7. The van der Waals surface area contributed by atoms with Gasteiger partial charge in [-0.3, -0.25) is 4.79 Å². The van der Waals surface area contributed by atoms with Crippen molar-refractivity contribution in [3.05, 3.63) is 133 Å². The van der Waals surface area contributed by atoms with Crippen molar-refractivity contribution in [2.24, 2.45) is 0 Å². The van der Waals surface area contributed by atoms with Crippen LogP contribution in [0.3, 0.4) is 0 Å². The normalized spacial score (nSPS) is 13.2. The highest BCUT2D eigenvalue weighted by atomic mass is 79.9. The average molecular weight is 980 g/mol. The third kappa shape index (κ3) is 6.67. The first-order chi connectivity index (χ1) is 25.1. The van der Waals surface area contributed by atoms with Gasteiger partial charge < -0.3 is 9.47 Å². The van der Waals surface area contributed by atoms with Crippen molar-refractivity contribution >= 4 is 137 Å². The van der Waals surface area contributed by atoms with Crippen LogP contribution >= 0.6 is 84.7 Å². The Morgan fingerprint density at radius 2 is 1.02 bits per heavy atom. The van der Waals surface area contributed by atoms with Crippen LogP contribution in [-0.2, 0) is 9.59 Å². The van der Waals surface area contributed by atoms with Crippen molar-refractivity contribution in [1.82, 2.24) is 0 Å². The predicted molar refractivity (Wildman–Crippen MR) is 234 cm³/mol. The maximum Gasteiger partial charge on any atom is 0.338 e. The molecule has 0 fully saturated rings. The maximum atomic E-state index is 12.5. The van der Waals surface area contributed by atoms with E-state index in [1.807, 2.05) is 24.3 Å². The van der Waals surface area contributed by atoms with Crippen LogP contribution in [0.5, 0.6) is 11.5 Å². The summed E-state index contributed by atoms with van der Waals surface area (Å²) in [6, 6.07) is 46.7. The number of rotatable bonds is 8. The Morgan fingerprint density at radius 1 is 0.596 bits per heavy atom. The van der Waals surface area contributed by atoms with Gasteiger partial charge in [0.1, 0.15) is 16.3 Å². The molecule has 2 aromatic heterocycles. The zero-order valence-electron chi connectivity index (χ0n) is 27.4. The number of esters is 2. The number of carbonyl (C=O) groups is 2. The summed E-state index contributed by atoms with van der Waals surface area (Å²) < 4.78 is 15.4. The lowest BCUT2D eigenvalue weighted by Crippen LogP contribution is -2.25. The van der Waals surface area contributed by atoms with E-state index in [4.69, 9.17) is 9.47 Å². The predicted octanol–water partition coefficient (Wildman–Crippen LogP) is 13.9. The molecule has 0 aliphatic rings. The minimum absolute atomic E-state index is 0.330. The number of benzene rings is 6. The lowest BCUT2D eigenvalue weighted by molar-refractivity contribution is -0.134. The number of halogens is 4. The Labute approximate surface area is 339 Å². The molecule has 3 unspecified atom stereocenters. The molecule has 6 aromatic carbocycles. The molecule has 8 aromatic rings. The molecule has 0 radical (unpaired) electrons. The SMILES string of the molecule is CC(Br)(Br)C(=O)Oc1ccc(-[s+]2c3ccccc3c3ccc(-c4ccc5c6ccccc6[s+](-c6ccc(OC(=O)C(Br)CBr)cc6)c5c4)cc32)cc1. The summed E-state index contributed by atoms with van der Waals surface area (Å²) in [5, 5.41) is 5.45. The first kappa shape index (κ1) is 35.6. The molecule has 0 N–H and O–H groups in total. The van der Waals surface area contributed by atoms with Crippen molar-refractivity contribution in [1.29, 1.82) is 0 Å². The third-order valence-corrected chi connectivity index (χ3v) is 16.3. The number of thiophene rings is 2. The molecule has 0 amide bonds. The van der Waals surface area contributed by atoms with E-state index >= 15 is 0 Å². The molecular formula is C42H28Br4O4S2+2. The largest absolute Gasteiger partial charge is 0.426 e. The molecule has 0 bridgehead atoms. The molecule has 10 heteroatoms. The first-order valence-corrected chi connectivity index (χ1v) is 22.4. The van der Waals surface area contributed by atoms with Gasteiger partial charge in [-0.25, -0.2) is 4.79 Å². The summed E-state index contributed by atoms with van der Waals surface area (Å²) in [6.07, 6.45) is 0. The number of alkyl halides is 4. The second kappa shape index (κ2) is 14.5. The van der Waals surface area contributed by atoms with E-state index in [9.17, 15) is 9.59 Å². The third-order valence-electron chi connectivity index (χ3n) is 8.83. The van der Waals surface area contributed by atoms with Crippen LogP contribution in [0.4, 0.5) is 0 Å². The molecule has 8 rings (SSSR count). The lowest BCUT2D eigenvalue weighted by Gasteiger charge is -2.12. The summed E-state index contributed by atoms with van der Waals surface area (Å²) in [7, 11) is -0.674. The fourth-order valence-electron chi connectivity index (χ4n) is 6.39. The van der Waals surface area contributed by atoms with Crippen molar-refractivity contribution in [3.63, 3.8) is 0 Å². The zero-order chi connectivity index (χ0) is 36.1. The molecule has 52 heavy (non-hydrogen) atoms. The summed E-state index contributed by atoms with van der Waals surface area (Å²) in [5.74, 6) is 0.274. The zero-order valence-corrected chi connectivity index (χ0v) is 35.4. The van der Waals surface area contributed by atoms with Gasteiger partial charge in [-0.15, -0.1) is 0 Å². The standard InChI is InChI=1S/C42H28Br4O4S2/c1-42(45,46)41(48)50-28-14-18-30(19-15-28)52-37-9-5-3-7-32(37)34-21-11-26(23-39(34)52)25-10-20-33-31-6-2-4-8-36(31)51(38(33)22-25)29-16-12-27(13-17-29)49-40(47)35(44)24-43/h2-23,35H,24H2,1H3/q+2. The van der Waals surface area contributed by atoms with Gasteiger partial charge >= 0.3 is 11.9 Å². The van der Waals surface area contributed by atoms with Crippen molar-refractivity contribution in [2.75, 3.05) is 5.33 Å². The average Bonchev–Trinajstić information content (AvgIpc) is 3.67. The molecule has 3 atom stereocenters. The number of hydrogen-bond acceptors (Lipinski definition) is 4. The van der Waals surface area contributed by atoms with Crippen molar-refractivity contribution in [3.8, 4) is 32.4 Å². The van der Waals surface area contributed by atoms with Gasteiger partial charge in [-0.1, -0.05) is 100 Å². The van der Waals surface area contributed by atoms with E-state index in [0.717, 1.165) is 20.9 Å². The summed E-state index contributed by atoms with van der Waals surface area (Å²) in [6.45, 7) is 1.69. The van der Waals surface area contributed by atoms with Crippen molar-refractivity contribution < 1.29 is 19.1 Å². The van der Waals surface area contributed by atoms with Gasteiger partial charge in [0.2, 0.25) is 0 Å². The van der Waals surface area contributed by atoms with Gasteiger partial charge in [-0.05, 0) is 78.7 Å².